The molecule has 0 fully saturated rings. The number of carbonyl (C=O) groups excluding carboxylic acids is 1. The second kappa shape index (κ2) is 8.94. The summed E-state index contributed by atoms with van der Waals surface area (Å²) in [5.74, 6) is -0.0622. The molecule has 3 aromatic rings. The first-order valence-electron chi connectivity index (χ1n) is 7.76. The quantitative estimate of drug-likeness (QED) is 0.280. The van der Waals surface area contributed by atoms with Crippen molar-refractivity contribution in [3.63, 3.8) is 0 Å². The lowest BCUT2D eigenvalue weighted by Gasteiger charge is -2.04. The topological polar surface area (TPSA) is 51.5 Å². The summed E-state index contributed by atoms with van der Waals surface area (Å²) >= 11 is 13.5. The van der Waals surface area contributed by atoms with E-state index in [1.54, 1.807) is 24.4 Å². The fraction of sp³-hybridized carbons (Fsp3) is 0.105. The minimum atomic E-state index is -0.0622. The first kappa shape index (κ1) is 18.6. The highest BCUT2D eigenvalue weighted by molar-refractivity contribution is 7.17. The van der Waals surface area contributed by atoms with Gasteiger partial charge in [-0.05, 0) is 12.1 Å². The third kappa shape index (κ3) is 4.69. The number of benzene rings is 2. The third-order valence-corrected chi connectivity index (χ3v) is 5.29. The molecule has 132 valence electrons. The average molecular weight is 405 g/mol. The maximum atomic E-state index is 12.2. The summed E-state index contributed by atoms with van der Waals surface area (Å²) in [7, 11) is 0. The van der Waals surface area contributed by atoms with Crippen LogP contribution in [-0.2, 0) is 11.4 Å². The van der Waals surface area contributed by atoms with Gasteiger partial charge in [-0.25, -0.2) is 4.98 Å². The molecule has 0 amide bonds. The molecule has 0 saturated carbocycles. The van der Waals surface area contributed by atoms with E-state index in [1.807, 2.05) is 30.3 Å². The van der Waals surface area contributed by atoms with Gasteiger partial charge >= 0.3 is 0 Å². The molecule has 0 aliphatic heterocycles. The van der Waals surface area contributed by atoms with Crippen molar-refractivity contribution < 1.29 is 9.63 Å². The summed E-state index contributed by atoms with van der Waals surface area (Å²) < 4.78 is 0. The molecule has 0 aliphatic rings. The minimum Gasteiger partial charge on any atom is -0.391 e. The van der Waals surface area contributed by atoms with Crippen LogP contribution in [0.15, 0.2) is 59.9 Å². The van der Waals surface area contributed by atoms with E-state index >= 15 is 0 Å². The molecule has 0 bridgehead atoms. The zero-order valence-electron chi connectivity index (χ0n) is 13.6. The van der Waals surface area contributed by atoms with E-state index in [2.05, 4.69) is 10.1 Å². The van der Waals surface area contributed by atoms with E-state index in [0.717, 1.165) is 10.6 Å². The lowest BCUT2D eigenvalue weighted by atomic mass is 10.2. The molecule has 7 heteroatoms. The summed E-state index contributed by atoms with van der Waals surface area (Å²) in [5, 5.41) is 5.65. The van der Waals surface area contributed by atoms with Crippen molar-refractivity contribution in [2.24, 2.45) is 5.16 Å². The van der Waals surface area contributed by atoms with E-state index in [9.17, 15) is 4.79 Å². The Morgan fingerprint density at radius 1 is 1.12 bits per heavy atom. The lowest BCUT2D eigenvalue weighted by Crippen LogP contribution is -1.97. The van der Waals surface area contributed by atoms with Gasteiger partial charge in [-0.1, -0.05) is 64.8 Å². The molecule has 0 spiro atoms. The molecule has 1 heterocycles. The molecule has 0 saturated heterocycles. The Bertz CT molecular complexity index is 906. The number of carbonyl (C=O) groups is 1. The van der Waals surface area contributed by atoms with Crippen LogP contribution in [0.5, 0.6) is 0 Å². The SMILES string of the molecule is O=C(C/C=N/OCc1c(Cl)cccc1Cl)c1cnc(-c2ccccc2)s1. The van der Waals surface area contributed by atoms with Crippen LogP contribution in [0.4, 0.5) is 0 Å². The van der Waals surface area contributed by atoms with Crippen LogP contribution in [-0.4, -0.2) is 17.0 Å². The first-order valence-corrected chi connectivity index (χ1v) is 9.33. The second-order valence-corrected chi connectivity index (χ2v) is 7.13. The van der Waals surface area contributed by atoms with E-state index in [4.69, 9.17) is 28.0 Å². The van der Waals surface area contributed by atoms with Crippen molar-refractivity contribution in [3.05, 3.63) is 75.2 Å². The number of Topliss-reactive ketones (excluding diaryl/α,β-unsaturated/α-hetero) is 1. The predicted molar refractivity (Wildman–Crippen MR) is 106 cm³/mol. The normalized spacial score (nSPS) is 11.0. The number of rotatable bonds is 7. The van der Waals surface area contributed by atoms with E-state index in [0.29, 0.717) is 20.5 Å². The predicted octanol–water partition coefficient (Wildman–Crippen LogP) is 5.89. The van der Waals surface area contributed by atoms with Crippen molar-refractivity contribution in [3.8, 4) is 10.6 Å². The summed E-state index contributed by atoms with van der Waals surface area (Å²) in [4.78, 5) is 22.3. The minimum absolute atomic E-state index is 0.0622. The number of halogens is 2. The number of thiazole rings is 1. The van der Waals surface area contributed by atoms with Crippen molar-refractivity contribution in [1.82, 2.24) is 4.98 Å². The molecular weight excluding hydrogens is 391 g/mol. The van der Waals surface area contributed by atoms with Gasteiger partial charge in [0.25, 0.3) is 0 Å². The summed E-state index contributed by atoms with van der Waals surface area (Å²) in [6, 6.07) is 15.0. The van der Waals surface area contributed by atoms with E-state index in [1.165, 1.54) is 17.6 Å². The number of hydrogen-bond donors (Lipinski definition) is 0. The number of oxime groups is 1. The number of hydrogen-bond acceptors (Lipinski definition) is 5. The standard InChI is InChI=1S/C19H14Cl2N2O2S/c20-15-7-4-8-16(21)14(15)12-25-23-10-9-17(24)18-11-22-19(26-18)13-5-2-1-3-6-13/h1-8,10-11H,9,12H2/b23-10+. The van der Waals surface area contributed by atoms with Crippen molar-refractivity contribution in [1.29, 1.82) is 0 Å². The molecule has 4 nitrogen and oxygen atoms in total. The van der Waals surface area contributed by atoms with Crippen LogP contribution < -0.4 is 0 Å². The van der Waals surface area contributed by atoms with Crippen LogP contribution in [0.25, 0.3) is 10.6 Å². The molecule has 0 unspecified atom stereocenters. The zero-order chi connectivity index (χ0) is 18.4. The Morgan fingerprint density at radius 3 is 2.58 bits per heavy atom. The number of ketones is 1. The molecule has 0 N–H and O–H groups in total. The summed E-state index contributed by atoms with van der Waals surface area (Å²) in [6.07, 6.45) is 3.15. The fourth-order valence-electron chi connectivity index (χ4n) is 2.16. The van der Waals surface area contributed by atoms with Gasteiger partial charge in [0.1, 0.15) is 11.6 Å². The second-order valence-electron chi connectivity index (χ2n) is 5.28. The van der Waals surface area contributed by atoms with Crippen LogP contribution in [0, 0.1) is 0 Å². The number of aromatic nitrogens is 1. The fourth-order valence-corrected chi connectivity index (χ4v) is 3.54. The Balaban J connectivity index is 1.53. The lowest BCUT2D eigenvalue weighted by molar-refractivity contribution is 0.1000. The molecular formula is C19H14Cl2N2O2S. The van der Waals surface area contributed by atoms with Crippen LogP contribution >= 0.6 is 34.5 Å². The summed E-state index contributed by atoms with van der Waals surface area (Å²) in [5.41, 5.74) is 1.65. The number of nitrogens with zero attached hydrogens (tertiary/aromatic N) is 2. The maximum Gasteiger partial charge on any atom is 0.179 e. The van der Waals surface area contributed by atoms with Gasteiger partial charge in [0.2, 0.25) is 0 Å². The third-order valence-electron chi connectivity index (χ3n) is 3.50. The van der Waals surface area contributed by atoms with Crippen molar-refractivity contribution in [2.75, 3.05) is 0 Å². The average Bonchev–Trinajstić information content (AvgIpc) is 3.14. The Morgan fingerprint density at radius 2 is 1.85 bits per heavy atom. The maximum absolute atomic E-state index is 12.2. The van der Waals surface area contributed by atoms with Gasteiger partial charge in [-0.15, -0.1) is 11.3 Å². The molecule has 26 heavy (non-hydrogen) atoms. The highest BCUT2D eigenvalue weighted by atomic mass is 35.5. The molecule has 1 aromatic heterocycles. The van der Waals surface area contributed by atoms with Gasteiger partial charge in [-0.2, -0.15) is 0 Å². The Labute approximate surface area is 165 Å². The smallest absolute Gasteiger partial charge is 0.179 e. The molecule has 2 aromatic carbocycles. The van der Waals surface area contributed by atoms with E-state index in [-0.39, 0.29) is 18.8 Å². The van der Waals surface area contributed by atoms with Gasteiger partial charge < -0.3 is 4.84 Å². The summed E-state index contributed by atoms with van der Waals surface area (Å²) in [6.45, 7) is 0.141. The molecule has 3 rings (SSSR count). The largest absolute Gasteiger partial charge is 0.391 e. The highest BCUT2D eigenvalue weighted by Gasteiger charge is 2.11. The highest BCUT2D eigenvalue weighted by Crippen LogP contribution is 2.26. The van der Waals surface area contributed by atoms with Gasteiger partial charge in [0.15, 0.2) is 5.78 Å². The van der Waals surface area contributed by atoms with Crippen LogP contribution in [0.1, 0.15) is 21.7 Å². The Kier molecular flexibility index (Phi) is 6.39. The van der Waals surface area contributed by atoms with Crippen LogP contribution in [0.2, 0.25) is 10.0 Å². The van der Waals surface area contributed by atoms with E-state index < -0.39 is 0 Å². The molecule has 0 atom stereocenters. The van der Waals surface area contributed by atoms with Gasteiger partial charge in [0.05, 0.1) is 17.5 Å². The molecule has 0 aliphatic carbocycles. The van der Waals surface area contributed by atoms with Gasteiger partial charge in [-0.3, -0.25) is 4.79 Å². The van der Waals surface area contributed by atoms with Crippen molar-refractivity contribution in [2.45, 2.75) is 13.0 Å². The van der Waals surface area contributed by atoms with Gasteiger partial charge in [0, 0.05) is 27.4 Å². The van der Waals surface area contributed by atoms with Crippen LogP contribution in [0.3, 0.4) is 0 Å². The molecule has 0 radical (unpaired) electrons. The first-order chi connectivity index (χ1) is 12.6. The zero-order valence-corrected chi connectivity index (χ0v) is 15.9. The monoisotopic (exact) mass is 404 g/mol. The Hall–Kier alpha value is -2.21. The van der Waals surface area contributed by atoms with Crippen molar-refractivity contribution >= 4 is 46.5 Å².